The lowest BCUT2D eigenvalue weighted by atomic mass is 9.52. The molecule has 0 saturated heterocycles. The number of hydrogen-bond donors (Lipinski definition) is 2. The summed E-state index contributed by atoms with van der Waals surface area (Å²) in [5, 5.41) is 20.1. The van der Waals surface area contributed by atoms with Gasteiger partial charge >= 0.3 is 0 Å². The Bertz CT molecular complexity index is 255. The van der Waals surface area contributed by atoms with Crippen LogP contribution in [-0.2, 0) is 0 Å². The maximum Gasteiger partial charge on any atom is 0.0839 e. The van der Waals surface area contributed by atoms with Crippen molar-refractivity contribution in [2.45, 2.75) is 49.7 Å². The molecule has 72 valence electrons. The highest BCUT2D eigenvalue weighted by atomic mass is 16.3. The van der Waals surface area contributed by atoms with Gasteiger partial charge in [-0.1, -0.05) is 12.8 Å². The van der Waals surface area contributed by atoms with Crippen molar-refractivity contribution in [2.75, 3.05) is 0 Å². The van der Waals surface area contributed by atoms with Crippen molar-refractivity contribution in [1.29, 1.82) is 0 Å². The summed E-state index contributed by atoms with van der Waals surface area (Å²) in [5.74, 6) is 2.53. The average molecular weight is 180 g/mol. The first-order valence-corrected chi connectivity index (χ1v) is 4.99. The molecule has 2 heteroatoms. The molecule has 0 aromatic rings. The maximum atomic E-state index is 10.1. The number of aliphatic hydroxyl groups is 2. The van der Waals surface area contributed by atoms with E-state index in [1.54, 1.807) is 0 Å². The lowest BCUT2D eigenvalue weighted by Gasteiger charge is -2.59. The van der Waals surface area contributed by atoms with Gasteiger partial charge in [-0.25, -0.2) is 0 Å². The Morgan fingerprint density at radius 2 is 2.15 bits per heavy atom. The van der Waals surface area contributed by atoms with E-state index < -0.39 is 11.2 Å². The number of rotatable bonds is 1. The predicted molar refractivity (Wildman–Crippen MR) is 49.9 cm³/mol. The molecule has 2 N–H and O–H groups in total. The van der Waals surface area contributed by atoms with E-state index in [-0.39, 0.29) is 5.92 Å². The van der Waals surface area contributed by atoms with Crippen molar-refractivity contribution in [3.05, 3.63) is 0 Å². The van der Waals surface area contributed by atoms with E-state index in [0.29, 0.717) is 12.8 Å². The van der Waals surface area contributed by atoms with Crippen molar-refractivity contribution >= 4 is 0 Å². The molecule has 2 saturated carbocycles. The molecule has 0 aromatic heterocycles. The number of hydrogen-bond acceptors (Lipinski definition) is 2. The fourth-order valence-electron chi connectivity index (χ4n) is 3.09. The van der Waals surface area contributed by atoms with Gasteiger partial charge in [0.15, 0.2) is 0 Å². The van der Waals surface area contributed by atoms with Crippen LogP contribution < -0.4 is 0 Å². The lowest BCUT2D eigenvalue weighted by Crippen LogP contribution is -2.66. The molecule has 2 aliphatic rings. The zero-order chi connectivity index (χ0) is 9.53. The van der Waals surface area contributed by atoms with Crippen LogP contribution >= 0.6 is 0 Å². The smallest absolute Gasteiger partial charge is 0.0839 e. The van der Waals surface area contributed by atoms with Gasteiger partial charge in [-0.3, -0.25) is 0 Å². The average Bonchev–Trinajstić information content (AvgIpc) is 2.03. The number of terminal acetylenes is 1. The third-order valence-corrected chi connectivity index (χ3v) is 3.67. The van der Waals surface area contributed by atoms with E-state index in [1.807, 2.05) is 0 Å². The van der Waals surface area contributed by atoms with Crippen molar-refractivity contribution in [3.8, 4) is 12.3 Å². The molecule has 2 rings (SSSR count). The summed E-state index contributed by atoms with van der Waals surface area (Å²) in [6, 6.07) is 0. The zero-order valence-electron chi connectivity index (χ0n) is 7.79. The van der Waals surface area contributed by atoms with Crippen LogP contribution in [0.25, 0.3) is 0 Å². The first-order valence-electron chi connectivity index (χ1n) is 4.99. The Balaban J connectivity index is 2.10. The topological polar surface area (TPSA) is 40.5 Å². The summed E-state index contributed by atoms with van der Waals surface area (Å²) in [6.07, 6.45) is 10.0. The summed E-state index contributed by atoms with van der Waals surface area (Å²) in [6.45, 7) is 0. The second-order valence-electron chi connectivity index (χ2n) is 4.56. The summed E-state index contributed by atoms with van der Waals surface area (Å²) in [7, 11) is 0. The van der Waals surface area contributed by atoms with E-state index in [1.165, 1.54) is 0 Å². The first kappa shape index (κ1) is 9.05. The van der Waals surface area contributed by atoms with Crippen LogP contribution in [0.2, 0.25) is 0 Å². The SMILES string of the molecule is C#CCC1(O)CC2(O)CCCCC12. The molecule has 0 aliphatic heterocycles. The molecule has 0 radical (unpaired) electrons. The largest absolute Gasteiger partial charge is 0.389 e. The fraction of sp³-hybridized carbons (Fsp3) is 0.818. The minimum Gasteiger partial charge on any atom is -0.389 e. The molecule has 3 unspecified atom stereocenters. The van der Waals surface area contributed by atoms with Gasteiger partial charge in [-0.15, -0.1) is 12.3 Å². The van der Waals surface area contributed by atoms with Crippen LogP contribution in [-0.4, -0.2) is 21.4 Å². The molecule has 0 spiro atoms. The quantitative estimate of drug-likeness (QED) is 0.592. The van der Waals surface area contributed by atoms with Crippen molar-refractivity contribution < 1.29 is 10.2 Å². The van der Waals surface area contributed by atoms with E-state index >= 15 is 0 Å². The van der Waals surface area contributed by atoms with Gasteiger partial charge < -0.3 is 10.2 Å². The van der Waals surface area contributed by atoms with Gasteiger partial charge in [-0.05, 0) is 12.8 Å². The Kier molecular flexibility index (Phi) is 1.90. The molecule has 0 aromatic carbocycles. The lowest BCUT2D eigenvalue weighted by molar-refractivity contribution is -0.250. The Morgan fingerprint density at radius 1 is 1.38 bits per heavy atom. The van der Waals surface area contributed by atoms with Crippen molar-refractivity contribution in [3.63, 3.8) is 0 Å². The highest BCUT2D eigenvalue weighted by Gasteiger charge is 2.61. The van der Waals surface area contributed by atoms with Crippen molar-refractivity contribution in [1.82, 2.24) is 0 Å². The summed E-state index contributed by atoms with van der Waals surface area (Å²) in [5.41, 5.74) is -1.35. The van der Waals surface area contributed by atoms with Gasteiger partial charge in [-0.2, -0.15) is 0 Å². The first-order chi connectivity index (χ1) is 6.11. The molecule has 0 bridgehead atoms. The van der Waals surface area contributed by atoms with Crippen LogP contribution in [0, 0.1) is 18.3 Å². The maximum absolute atomic E-state index is 10.1. The second-order valence-corrected chi connectivity index (χ2v) is 4.56. The van der Waals surface area contributed by atoms with Crippen LogP contribution in [0.4, 0.5) is 0 Å². The van der Waals surface area contributed by atoms with E-state index in [0.717, 1.165) is 25.7 Å². The zero-order valence-corrected chi connectivity index (χ0v) is 7.79. The van der Waals surface area contributed by atoms with Crippen LogP contribution in [0.15, 0.2) is 0 Å². The molecule has 13 heavy (non-hydrogen) atoms. The van der Waals surface area contributed by atoms with E-state index in [2.05, 4.69) is 5.92 Å². The molecule has 0 amide bonds. The minimum absolute atomic E-state index is 0.0322. The van der Waals surface area contributed by atoms with Gasteiger partial charge in [0, 0.05) is 18.8 Å². The molecular formula is C11H16O2. The monoisotopic (exact) mass is 180 g/mol. The van der Waals surface area contributed by atoms with E-state index in [4.69, 9.17) is 6.42 Å². The fourth-order valence-corrected chi connectivity index (χ4v) is 3.09. The van der Waals surface area contributed by atoms with Gasteiger partial charge in [0.2, 0.25) is 0 Å². The highest BCUT2D eigenvalue weighted by Crippen LogP contribution is 2.56. The Labute approximate surface area is 79.0 Å². The van der Waals surface area contributed by atoms with Gasteiger partial charge in [0.25, 0.3) is 0 Å². The van der Waals surface area contributed by atoms with Gasteiger partial charge in [0.1, 0.15) is 0 Å². The van der Waals surface area contributed by atoms with Crippen LogP contribution in [0.5, 0.6) is 0 Å². The molecule has 2 fully saturated rings. The summed E-state index contributed by atoms with van der Waals surface area (Å²) < 4.78 is 0. The molecule has 3 atom stereocenters. The van der Waals surface area contributed by atoms with Crippen LogP contribution in [0.1, 0.15) is 38.5 Å². The van der Waals surface area contributed by atoms with E-state index in [9.17, 15) is 10.2 Å². The Hall–Kier alpha value is -0.520. The Morgan fingerprint density at radius 3 is 2.77 bits per heavy atom. The minimum atomic E-state index is -0.760. The van der Waals surface area contributed by atoms with Gasteiger partial charge in [0.05, 0.1) is 11.2 Å². The van der Waals surface area contributed by atoms with Crippen LogP contribution in [0.3, 0.4) is 0 Å². The molecule has 2 aliphatic carbocycles. The van der Waals surface area contributed by atoms with Crippen molar-refractivity contribution in [2.24, 2.45) is 5.92 Å². The summed E-state index contributed by atoms with van der Waals surface area (Å²) >= 11 is 0. The molecular weight excluding hydrogens is 164 g/mol. The normalized spacial score (nSPS) is 48.8. The third kappa shape index (κ3) is 1.19. The number of fused-ring (bicyclic) bond motifs is 1. The molecule has 0 heterocycles. The highest BCUT2D eigenvalue weighted by molar-refractivity contribution is 5.16. The molecule has 2 nitrogen and oxygen atoms in total. The standard InChI is InChI=1S/C11H16O2/c1-2-6-10(12)8-11(13)7-4-3-5-9(10)11/h1,9,12-13H,3-8H2. The summed E-state index contributed by atoms with van der Waals surface area (Å²) in [4.78, 5) is 0. The second kappa shape index (κ2) is 2.73. The third-order valence-electron chi connectivity index (χ3n) is 3.67. The predicted octanol–water partition coefficient (Wildman–Crippen LogP) is 1.07.